The van der Waals surface area contributed by atoms with Crippen molar-refractivity contribution in [1.82, 2.24) is 4.90 Å². The summed E-state index contributed by atoms with van der Waals surface area (Å²) < 4.78 is 23.7. The predicted molar refractivity (Wildman–Crippen MR) is 113 cm³/mol. The van der Waals surface area contributed by atoms with E-state index in [2.05, 4.69) is 11.8 Å². The molecule has 2 fully saturated rings. The molecule has 2 heterocycles. The number of piperazine rings is 1. The molecule has 3 rings (SSSR count). The number of carbonyl (C=O) groups is 1. The van der Waals surface area contributed by atoms with Crippen LogP contribution < -0.4 is 9.80 Å². The number of halogens is 1. The normalized spacial score (nSPS) is 22.4. The van der Waals surface area contributed by atoms with Crippen molar-refractivity contribution in [3.8, 4) is 0 Å². The van der Waals surface area contributed by atoms with E-state index in [0.29, 0.717) is 19.5 Å². The largest absolute Gasteiger partial charge is 0.360 e. The summed E-state index contributed by atoms with van der Waals surface area (Å²) in [6.07, 6.45) is 1.42. The number of quaternary nitrogens is 1. The number of rotatable bonds is 6. The van der Waals surface area contributed by atoms with Gasteiger partial charge in [-0.15, -0.1) is 0 Å². The van der Waals surface area contributed by atoms with Gasteiger partial charge in [0.05, 0.1) is 37.7 Å². The van der Waals surface area contributed by atoms with Crippen LogP contribution in [0.3, 0.4) is 0 Å². The third kappa shape index (κ3) is 5.19. The number of amides is 1. The number of sulfone groups is 1. The first kappa shape index (κ1) is 21.4. The Kier molecular flexibility index (Phi) is 6.89. The lowest BCUT2D eigenvalue weighted by Gasteiger charge is -2.35. The maximum Gasteiger partial charge on any atom is 0.278 e. The molecule has 1 aromatic carbocycles. The van der Waals surface area contributed by atoms with Gasteiger partial charge in [-0.05, 0) is 37.5 Å². The second-order valence-electron chi connectivity index (χ2n) is 7.99. The van der Waals surface area contributed by atoms with E-state index in [0.717, 1.165) is 37.6 Å². The lowest BCUT2D eigenvalue weighted by Crippen LogP contribution is -3.16. The summed E-state index contributed by atoms with van der Waals surface area (Å²) in [7, 11) is -2.99. The topological polar surface area (TPSA) is 62.1 Å². The quantitative estimate of drug-likeness (QED) is 0.727. The standard InChI is InChI=1S/C20H30ClN3O3S/c1-3-7-24(18-6-12-28(26,27)15-18)20(25)14-22-8-10-23(11-9-22)19-13-17(21)5-4-16(19)2/h4-5,13,18H,3,6-12,14-15H2,1-2H3/p+1/t18-/m0/s1. The summed E-state index contributed by atoms with van der Waals surface area (Å²) in [6, 6.07) is 5.81. The molecule has 0 radical (unpaired) electrons. The minimum atomic E-state index is -2.99. The molecule has 1 aromatic rings. The van der Waals surface area contributed by atoms with Gasteiger partial charge in [-0.2, -0.15) is 0 Å². The van der Waals surface area contributed by atoms with Gasteiger partial charge in [0.15, 0.2) is 16.4 Å². The molecule has 28 heavy (non-hydrogen) atoms. The Labute approximate surface area is 173 Å². The molecular formula is C20H31ClN3O3S+. The third-order valence-electron chi connectivity index (χ3n) is 5.82. The summed E-state index contributed by atoms with van der Waals surface area (Å²) in [6.45, 7) is 8.75. The fraction of sp³-hybridized carbons (Fsp3) is 0.650. The molecule has 1 atom stereocenters. The lowest BCUT2D eigenvalue weighted by atomic mass is 10.1. The first-order valence-corrected chi connectivity index (χ1v) is 12.3. The zero-order valence-corrected chi connectivity index (χ0v) is 18.4. The molecule has 0 aliphatic carbocycles. The van der Waals surface area contributed by atoms with Gasteiger partial charge in [-0.3, -0.25) is 4.79 Å². The Morgan fingerprint density at radius 1 is 1.32 bits per heavy atom. The van der Waals surface area contributed by atoms with Gasteiger partial charge >= 0.3 is 0 Å². The molecule has 2 aliphatic rings. The SMILES string of the molecule is CCCN(C(=O)C[NH+]1CCN(c2cc(Cl)ccc2C)CC1)[C@H]1CCS(=O)(=O)C1. The highest BCUT2D eigenvalue weighted by Gasteiger charge is 2.35. The number of aryl methyl sites for hydroxylation is 1. The van der Waals surface area contributed by atoms with Crippen molar-refractivity contribution in [2.75, 3.05) is 55.7 Å². The summed E-state index contributed by atoms with van der Waals surface area (Å²) >= 11 is 6.16. The van der Waals surface area contributed by atoms with Gasteiger partial charge in [0.25, 0.3) is 5.91 Å². The van der Waals surface area contributed by atoms with Gasteiger partial charge in [0, 0.05) is 23.3 Å². The molecule has 0 unspecified atom stereocenters. The minimum Gasteiger partial charge on any atom is -0.360 e. The van der Waals surface area contributed by atoms with E-state index in [1.54, 1.807) is 0 Å². The molecule has 1 N–H and O–H groups in total. The first-order valence-electron chi connectivity index (χ1n) is 10.1. The Morgan fingerprint density at radius 3 is 2.64 bits per heavy atom. The molecule has 156 valence electrons. The monoisotopic (exact) mass is 428 g/mol. The van der Waals surface area contributed by atoms with Crippen LogP contribution in [-0.2, 0) is 14.6 Å². The van der Waals surface area contributed by atoms with E-state index in [1.165, 1.54) is 16.2 Å². The van der Waals surface area contributed by atoms with Crippen LogP contribution in [0.4, 0.5) is 5.69 Å². The highest BCUT2D eigenvalue weighted by molar-refractivity contribution is 7.91. The fourth-order valence-corrected chi connectivity index (χ4v) is 6.15. The Hall–Kier alpha value is -1.31. The Bertz CT molecular complexity index is 807. The molecule has 0 aromatic heterocycles. The lowest BCUT2D eigenvalue weighted by molar-refractivity contribution is -0.892. The number of hydrogen-bond acceptors (Lipinski definition) is 4. The number of nitrogens with zero attached hydrogens (tertiary/aromatic N) is 2. The van der Waals surface area contributed by atoms with Crippen LogP contribution in [0.15, 0.2) is 18.2 Å². The number of nitrogens with one attached hydrogen (secondary N) is 1. The summed E-state index contributed by atoms with van der Waals surface area (Å²) in [4.78, 5) is 18.4. The predicted octanol–water partition coefficient (Wildman–Crippen LogP) is 0.779. The van der Waals surface area contributed by atoms with Gasteiger partial charge in [0.1, 0.15) is 0 Å². The number of carbonyl (C=O) groups excluding carboxylic acids is 1. The molecule has 8 heteroatoms. The van der Waals surface area contributed by atoms with Crippen molar-refractivity contribution in [3.63, 3.8) is 0 Å². The molecule has 6 nitrogen and oxygen atoms in total. The van der Waals surface area contributed by atoms with Crippen molar-refractivity contribution in [1.29, 1.82) is 0 Å². The Morgan fingerprint density at radius 2 is 2.04 bits per heavy atom. The smallest absolute Gasteiger partial charge is 0.278 e. The van der Waals surface area contributed by atoms with Gasteiger partial charge < -0.3 is 14.7 Å². The minimum absolute atomic E-state index is 0.0892. The number of hydrogen-bond donors (Lipinski definition) is 1. The zero-order chi connectivity index (χ0) is 20.3. The summed E-state index contributed by atoms with van der Waals surface area (Å²) in [5.41, 5.74) is 2.38. The molecule has 0 saturated carbocycles. The maximum absolute atomic E-state index is 12.9. The van der Waals surface area contributed by atoms with E-state index in [-0.39, 0.29) is 23.5 Å². The van der Waals surface area contributed by atoms with Gasteiger partial charge in [0.2, 0.25) is 0 Å². The van der Waals surface area contributed by atoms with Crippen LogP contribution in [0.25, 0.3) is 0 Å². The molecule has 0 spiro atoms. The summed E-state index contributed by atoms with van der Waals surface area (Å²) in [5.74, 6) is 0.414. The van der Waals surface area contributed by atoms with Crippen molar-refractivity contribution in [2.45, 2.75) is 32.7 Å². The molecule has 2 saturated heterocycles. The average Bonchev–Trinajstić information content (AvgIpc) is 3.01. The second kappa shape index (κ2) is 9.01. The van der Waals surface area contributed by atoms with E-state index in [1.807, 2.05) is 30.0 Å². The van der Waals surface area contributed by atoms with Crippen LogP contribution in [0.5, 0.6) is 0 Å². The molecule has 2 aliphatic heterocycles. The highest BCUT2D eigenvalue weighted by atomic mass is 35.5. The number of anilines is 1. The number of benzene rings is 1. The van der Waals surface area contributed by atoms with Crippen LogP contribution in [0, 0.1) is 6.92 Å². The van der Waals surface area contributed by atoms with Crippen LogP contribution in [-0.4, -0.2) is 76.0 Å². The van der Waals surface area contributed by atoms with E-state index >= 15 is 0 Å². The van der Waals surface area contributed by atoms with E-state index < -0.39 is 9.84 Å². The maximum atomic E-state index is 12.9. The fourth-order valence-electron chi connectivity index (χ4n) is 4.25. The molecular weight excluding hydrogens is 398 g/mol. The highest BCUT2D eigenvalue weighted by Crippen LogP contribution is 2.24. The second-order valence-corrected chi connectivity index (χ2v) is 10.7. The van der Waals surface area contributed by atoms with Crippen molar-refractivity contribution >= 4 is 33.0 Å². The molecule has 0 bridgehead atoms. The first-order chi connectivity index (χ1) is 13.3. The molecule has 1 amide bonds. The Balaban J connectivity index is 1.57. The van der Waals surface area contributed by atoms with Gasteiger partial charge in [-0.1, -0.05) is 24.6 Å². The van der Waals surface area contributed by atoms with Crippen LogP contribution in [0.1, 0.15) is 25.3 Å². The van der Waals surface area contributed by atoms with Crippen LogP contribution >= 0.6 is 11.6 Å². The van der Waals surface area contributed by atoms with E-state index in [4.69, 9.17) is 11.6 Å². The third-order valence-corrected chi connectivity index (χ3v) is 7.80. The average molecular weight is 429 g/mol. The van der Waals surface area contributed by atoms with Crippen molar-refractivity contribution < 1.29 is 18.1 Å². The van der Waals surface area contributed by atoms with Gasteiger partial charge in [-0.25, -0.2) is 8.42 Å². The summed E-state index contributed by atoms with van der Waals surface area (Å²) in [5, 5.41) is 0.743. The zero-order valence-electron chi connectivity index (χ0n) is 16.8. The van der Waals surface area contributed by atoms with Crippen molar-refractivity contribution in [2.24, 2.45) is 0 Å². The van der Waals surface area contributed by atoms with Crippen LogP contribution in [0.2, 0.25) is 5.02 Å². The van der Waals surface area contributed by atoms with Crippen molar-refractivity contribution in [3.05, 3.63) is 28.8 Å². The van der Waals surface area contributed by atoms with E-state index in [9.17, 15) is 13.2 Å².